The lowest BCUT2D eigenvalue weighted by molar-refractivity contribution is 0.579. The Morgan fingerprint density at radius 1 is 1.45 bits per heavy atom. The maximum absolute atomic E-state index is 12.3. The minimum absolute atomic E-state index is 0.116. The minimum Gasteiger partial charge on any atom is -0.324 e. The molecule has 1 saturated carbocycles. The second-order valence-electron chi connectivity index (χ2n) is 5.30. The predicted molar refractivity (Wildman–Crippen MR) is 84.3 cm³/mol. The smallest absolute Gasteiger partial charge is 0.240 e. The van der Waals surface area contributed by atoms with Gasteiger partial charge in [0.05, 0.1) is 4.90 Å². The van der Waals surface area contributed by atoms with Crippen LogP contribution in [0.5, 0.6) is 0 Å². The van der Waals surface area contributed by atoms with Crippen LogP contribution in [0.2, 0.25) is 0 Å². The second kappa shape index (κ2) is 6.05. The van der Waals surface area contributed by atoms with E-state index < -0.39 is 10.0 Å². The van der Waals surface area contributed by atoms with Crippen LogP contribution in [-0.2, 0) is 10.0 Å². The lowest BCUT2D eigenvalue weighted by atomic mass is 10.1. The van der Waals surface area contributed by atoms with Crippen LogP contribution in [0.15, 0.2) is 29.2 Å². The Morgan fingerprint density at radius 2 is 2.15 bits per heavy atom. The van der Waals surface area contributed by atoms with Gasteiger partial charge in [0.25, 0.3) is 0 Å². The summed E-state index contributed by atoms with van der Waals surface area (Å²) in [6.07, 6.45) is 4.98. The number of sulfonamides is 1. The third-order valence-corrected chi connectivity index (χ3v) is 6.68. The molecule has 0 heterocycles. The van der Waals surface area contributed by atoms with Crippen LogP contribution >= 0.6 is 11.8 Å². The fourth-order valence-electron chi connectivity index (χ4n) is 2.05. The maximum atomic E-state index is 12.3. The van der Waals surface area contributed by atoms with Crippen molar-refractivity contribution in [2.75, 3.05) is 12.8 Å². The van der Waals surface area contributed by atoms with Crippen LogP contribution in [0.1, 0.15) is 37.8 Å². The average molecular weight is 314 g/mol. The van der Waals surface area contributed by atoms with E-state index >= 15 is 0 Å². The van der Waals surface area contributed by atoms with Crippen LogP contribution < -0.4 is 10.5 Å². The molecule has 0 bridgehead atoms. The fraction of sp³-hybridized carbons (Fsp3) is 0.571. The summed E-state index contributed by atoms with van der Waals surface area (Å²) in [5.74, 6) is 0. The first-order chi connectivity index (χ1) is 9.42. The molecule has 1 aromatic carbocycles. The zero-order valence-corrected chi connectivity index (χ0v) is 13.6. The number of hydrogen-bond donors (Lipinski definition) is 2. The van der Waals surface area contributed by atoms with Gasteiger partial charge in [-0.15, -0.1) is 0 Å². The first-order valence-electron chi connectivity index (χ1n) is 6.83. The molecule has 0 aromatic heterocycles. The van der Waals surface area contributed by atoms with Crippen LogP contribution in [0.25, 0.3) is 0 Å². The summed E-state index contributed by atoms with van der Waals surface area (Å²) in [6, 6.07) is 6.80. The van der Waals surface area contributed by atoms with Crippen molar-refractivity contribution in [1.29, 1.82) is 0 Å². The highest BCUT2D eigenvalue weighted by Crippen LogP contribution is 2.46. The molecule has 1 aliphatic carbocycles. The Balaban J connectivity index is 2.13. The van der Waals surface area contributed by atoms with Crippen LogP contribution in [-0.4, -0.2) is 26.0 Å². The van der Waals surface area contributed by atoms with Gasteiger partial charge in [-0.1, -0.05) is 19.1 Å². The molecule has 0 aliphatic heterocycles. The molecule has 0 spiro atoms. The number of nitrogens with one attached hydrogen (secondary N) is 1. The van der Waals surface area contributed by atoms with Crippen molar-refractivity contribution in [2.45, 2.75) is 41.9 Å². The molecule has 3 N–H and O–H groups in total. The molecule has 1 unspecified atom stereocenters. The molecular formula is C14H22N2O2S2. The zero-order chi connectivity index (χ0) is 14.8. The lowest BCUT2D eigenvalue weighted by Gasteiger charge is -2.15. The fourth-order valence-corrected chi connectivity index (χ4v) is 4.05. The molecule has 6 heteroatoms. The van der Waals surface area contributed by atoms with Crippen molar-refractivity contribution >= 4 is 21.8 Å². The Bertz CT molecular complexity index is 568. The van der Waals surface area contributed by atoms with Crippen LogP contribution in [0, 0.1) is 0 Å². The van der Waals surface area contributed by atoms with Crippen molar-refractivity contribution < 1.29 is 8.42 Å². The molecule has 0 amide bonds. The zero-order valence-electron chi connectivity index (χ0n) is 11.9. The summed E-state index contributed by atoms with van der Waals surface area (Å²) < 4.78 is 27.5. The highest BCUT2D eigenvalue weighted by molar-refractivity contribution is 8.00. The first-order valence-corrected chi connectivity index (χ1v) is 9.53. The van der Waals surface area contributed by atoms with E-state index in [1.807, 2.05) is 19.2 Å². The molecule has 1 aliphatic rings. The van der Waals surface area contributed by atoms with E-state index in [0.717, 1.165) is 24.8 Å². The molecule has 20 heavy (non-hydrogen) atoms. The summed E-state index contributed by atoms with van der Waals surface area (Å²) in [5.41, 5.74) is 6.82. The third-order valence-electron chi connectivity index (χ3n) is 3.86. The molecule has 112 valence electrons. The van der Waals surface area contributed by atoms with E-state index in [1.165, 1.54) is 0 Å². The Morgan fingerprint density at radius 3 is 2.70 bits per heavy atom. The van der Waals surface area contributed by atoms with E-state index in [9.17, 15) is 8.42 Å². The van der Waals surface area contributed by atoms with Gasteiger partial charge in [-0.2, -0.15) is 11.8 Å². The van der Waals surface area contributed by atoms with E-state index in [1.54, 1.807) is 30.0 Å². The third kappa shape index (κ3) is 3.55. The highest BCUT2D eigenvalue weighted by Gasteiger charge is 2.42. The minimum atomic E-state index is -3.45. The summed E-state index contributed by atoms with van der Waals surface area (Å²) in [6.45, 7) is 2.49. The largest absolute Gasteiger partial charge is 0.324 e. The van der Waals surface area contributed by atoms with Crippen molar-refractivity contribution in [3.05, 3.63) is 29.8 Å². The SMILES string of the molecule is CCC(N)c1cccc(S(=O)(=O)NCC2(SC)CC2)c1. The van der Waals surface area contributed by atoms with Gasteiger partial charge in [0, 0.05) is 17.3 Å². The van der Waals surface area contributed by atoms with Gasteiger partial charge in [-0.05, 0) is 43.2 Å². The van der Waals surface area contributed by atoms with Gasteiger partial charge in [0.2, 0.25) is 10.0 Å². The number of benzene rings is 1. The topological polar surface area (TPSA) is 72.2 Å². The van der Waals surface area contributed by atoms with Crippen molar-refractivity contribution in [3.8, 4) is 0 Å². The van der Waals surface area contributed by atoms with Crippen LogP contribution in [0.3, 0.4) is 0 Å². The summed E-state index contributed by atoms with van der Waals surface area (Å²) >= 11 is 1.74. The van der Waals surface area contributed by atoms with Crippen LogP contribution in [0.4, 0.5) is 0 Å². The van der Waals surface area contributed by atoms with E-state index in [2.05, 4.69) is 4.72 Å². The van der Waals surface area contributed by atoms with Crippen molar-refractivity contribution in [2.24, 2.45) is 5.73 Å². The van der Waals surface area contributed by atoms with E-state index in [4.69, 9.17) is 5.73 Å². The van der Waals surface area contributed by atoms with Crippen molar-refractivity contribution in [3.63, 3.8) is 0 Å². The number of hydrogen-bond acceptors (Lipinski definition) is 4. The summed E-state index contributed by atoms with van der Waals surface area (Å²) in [5, 5.41) is 0. The Kier molecular flexibility index (Phi) is 4.79. The van der Waals surface area contributed by atoms with Gasteiger partial charge in [0.15, 0.2) is 0 Å². The van der Waals surface area contributed by atoms with E-state index in [-0.39, 0.29) is 10.8 Å². The van der Waals surface area contributed by atoms with Crippen molar-refractivity contribution in [1.82, 2.24) is 4.72 Å². The molecular weight excluding hydrogens is 292 g/mol. The normalized spacial score (nSPS) is 18.8. The monoisotopic (exact) mass is 314 g/mol. The Labute approximate surface area is 125 Å². The van der Waals surface area contributed by atoms with E-state index in [0.29, 0.717) is 11.4 Å². The summed E-state index contributed by atoms with van der Waals surface area (Å²) in [7, 11) is -3.45. The summed E-state index contributed by atoms with van der Waals surface area (Å²) in [4.78, 5) is 0.302. The highest BCUT2D eigenvalue weighted by atomic mass is 32.2. The number of nitrogens with two attached hydrogens (primary N) is 1. The number of thioether (sulfide) groups is 1. The maximum Gasteiger partial charge on any atom is 0.240 e. The molecule has 2 rings (SSSR count). The van der Waals surface area contributed by atoms with Gasteiger partial charge in [0.1, 0.15) is 0 Å². The Hall–Kier alpha value is -0.560. The predicted octanol–water partition coefficient (Wildman–Crippen LogP) is 2.27. The van der Waals surface area contributed by atoms with Gasteiger partial charge in [-0.3, -0.25) is 0 Å². The average Bonchev–Trinajstić information content (AvgIpc) is 3.25. The molecule has 4 nitrogen and oxygen atoms in total. The molecule has 0 radical (unpaired) electrons. The molecule has 0 saturated heterocycles. The molecule has 1 aromatic rings. The van der Waals surface area contributed by atoms with Gasteiger partial charge >= 0.3 is 0 Å². The quantitative estimate of drug-likeness (QED) is 0.810. The number of rotatable bonds is 7. The second-order valence-corrected chi connectivity index (χ2v) is 8.34. The molecule has 1 atom stereocenters. The molecule has 1 fully saturated rings. The first kappa shape index (κ1) is 15.8. The van der Waals surface area contributed by atoms with Gasteiger partial charge < -0.3 is 5.73 Å². The van der Waals surface area contributed by atoms with Gasteiger partial charge in [-0.25, -0.2) is 13.1 Å². The lowest BCUT2D eigenvalue weighted by Crippen LogP contribution is -2.31. The standard InChI is InChI=1S/C14H22N2O2S2/c1-3-13(15)11-5-4-6-12(9-11)20(17,18)16-10-14(19-2)7-8-14/h4-6,9,13,16H,3,7-8,10,15H2,1-2H3.